The molecule has 1 saturated heterocycles. The van der Waals surface area contributed by atoms with Gasteiger partial charge in [0, 0.05) is 47.6 Å². The Bertz CT molecular complexity index is 1060. The Hall–Kier alpha value is -2.50. The van der Waals surface area contributed by atoms with Gasteiger partial charge in [-0.1, -0.05) is 25.1 Å². The monoisotopic (exact) mass is 401 g/mol. The molecule has 1 aliphatic heterocycles. The Labute approximate surface area is 177 Å². The first-order chi connectivity index (χ1) is 14.7. The Morgan fingerprint density at radius 3 is 2.53 bits per heavy atom. The van der Waals surface area contributed by atoms with E-state index in [-0.39, 0.29) is 11.2 Å². The summed E-state index contributed by atoms with van der Waals surface area (Å²) in [7, 11) is 0. The van der Waals surface area contributed by atoms with E-state index in [0.29, 0.717) is 5.92 Å². The fraction of sp³-hybridized carbons (Fsp3) is 0.440. The summed E-state index contributed by atoms with van der Waals surface area (Å²) < 4.78 is 14.5. The van der Waals surface area contributed by atoms with Gasteiger partial charge in [0.05, 0.1) is 18.9 Å². The van der Waals surface area contributed by atoms with Crippen LogP contribution in [0.15, 0.2) is 54.9 Å². The molecule has 154 valence electrons. The van der Waals surface area contributed by atoms with Gasteiger partial charge in [0.15, 0.2) is 5.79 Å². The second-order valence-corrected chi connectivity index (χ2v) is 9.10. The lowest BCUT2D eigenvalue weighted by atomic mass is 9.59. The molecule has 2 aliphatic carbocycles. The first-order valence-corrected chi connectivity index (χ1v) is 11.0. The van der Waals surface area contributed by atoms with Crippen molar-refractivity contribution in [3.63, 3.8) is 0 Å². The van der Waals surface area contributed by atoms with Crippen molar-refractivity contribution < 1.29 is 9.47 Å². The lowest BCUT2D eigenvalue weighted by molar-refractivity contribution is -0.199. The maximum Gasteiger partial charge on any atom is 0.168 e. The average molecular weight is 402 g/mol. The Kier molecular flexibility index (Phi) is 4.12. The van der Waals surface area contributed by atoms with Crippen LogP contribution in [0.25, 0.3) is 17.1 Å². The molecule has 2 fully saturated rings. The van der Waals surface area contributed by atoms with E-state index in [4.69, 9.17) is 14.5 Å². The van der Waals surface area contributed by atoms with Crippen LogP contribution in [0.5, 0.6) is 0 Å². The summed E-state index contributed by atoms with van der Waals surface area (Å²) in [6.07, 6.45) is 8.84. The smallest absolute Gasteiger partial charge is 0.168 e. The van der Waals surface area contributed by atoms with Crippen LogP contribution < -0.4 is 0 Å². The largest absolute Gasteiger partial charge is 0.348 e. The molecular formula is C25H27N3O2. The van der Waals surface area contributed by atoms with Crippen molar-refractivity contribution in [2.45, 2.75) is 50.2 Å². The van der Waals surface area contributed by atoms with Crippen LogP contribution in [0, 0.1) is 5.92 Å². The third-order valence-corrected chi connectivity index (χ3v) is 7.49. The minimum atomic E-state index is -0.350. The Balaban J connectivity index is 1.50. The van der Waals surface area contributed by atoms with Gasteiger partial charge >= 0.3 is 0 Å². The molecule has 2 unspecified atom stereocenters. The summed E-state index contributed by atoms with van der Waals surface area (Å²) in [5.41, 5.74) is 4.96. The van der Waals surface area contributed by atoms with Crippen LogP contribution in [-0.2, 0) is 21.3 Å². The van der Waals surface area contributed by atoms with Crippen LogP contribution in [0.2, 0.25) is 0 Å². The molecule has 5 nitrogen and oxygen atoms in total. The van der Waals surface area contributed by atoms with Crippen LogP contribution in [0.4, 0.5) is 0 Å². The number of hydrogen-bond donors (Lipinski definition) is 0. The average Bonchev–Trinajstić information content (AvgIpc) is 3.41. The lowest BCUT2D eigenvalue weighted by Gasteiger charge is -2.49. The molecule has 0 amide bonds. The standard InChI is InChI=1S/C25H27N3O2/c1-24-11-12-25(29-15-16-30-25)17-19(24)7-8-21-22(24)27-23(18-9-13-26-14-10-18)28(21)20-5-3-2-4-6-20/h2-6,9-10,13-14,19H,7-8,11-12,15-17H2,1H3. The highest BCUT2D eigenvalue weighted by Crippen LogP contribution is 2.54. The van der Waals surface area contributed by atoms with Gasteiger partial charge in [-0.05, 0) is 49.4 Å². The van der Waals surface area contributed by atoms with E-state index >= 15 is 0 Å². The van der Waals surface area contributed by atoms with Crippen molar-refractivity contribution in [3.05, 3.63) is 66.2 Å². The van der Waals surface area contributed by atoms with Gasteiger partial charge in [-0.15, -0.1) is 0 Å². The van der Waals surface area contributed by atoms with Gasteiger partial charge in [0.2, 0.25) is 0 Å². The molecule has 1 saturated carbocycles. The van der Waals surface area contributed by atoms with Gasteiger partial charge in [-0.25, -0.2) is 4.98 Å². The summed E-state index contributed by atoms with van der Waals surface area (Å²) in [4.78, 5) is 9.53. The van der Waals surface area contributed by atoms with E-state index in [1.807, 2.05) is 12.4 Å². The number of hydrogen-bond acceptors (Lipinski definition) is 4. The lowest BCUT2D eigenvalue weighted by Crippen LogP contribution is -2.49. The highest BCUT2D eigenvalue weighted by Gasteiger charge is 2.54. The maximum atomic E-state index is 6.08. The number of benzene rings is 1. The predicted molar refractivity (Wildman–Crippen MR) is 114 cm³/mol. The molecule has 30 heavy (non-hydrogen) atoms. The molecule has 0 radical (unpaired) electrons. The number of ether oxygens (including phenoxy) is 2. The molecule has 6 rings (SSSR count). The molecule has 2 aromatic heterocycles. The van der Waals surface area contributed by atoms with Crippen molar-refractivity contribution in [3.8, 4) is 17.1 Å². The fourth-order valence-corrected chi connectivity index (χ4v) is 5.85. The predicted octanol–water partition coefficient (Wildman–Crippen LogP) is 4.68. The van der Waals surface area contributed by atoms with E-state index in [9.17, 15) is 0 Å². The molecule has 0 N–H and O–H groups in total. The summed E-state index contributed by atoms with van der Waals surface area (Å²) in [5, 5.41) is 0. The van der Waals surface area contributed by atoms with Gasteiger partial charge in [0.25, 0.3) is 0 Å². The summed E-state index contributed by atoms with van der Waals surface area (Å²) in [6, 6.07) is 14.7. The van der Waals surface area contributed by atoms with Crippen molar-refractivity contribution in [2.24, 2.45) is 5.92 Å². The molecule has 1 aromatic carbocycles. The SMILES string of the molecule is CC12CCC3(CC1CCc1c2nc(-c2ccncc2)n1-c1ccccc1)OCCO3. The van der Waals surface area contributed by atoms with Crippen LogP contribution in [0.3, 0.4) is 0 Å². The minimum absolute atomic E-state index is 0.0515. The molecule has 5 heteroatoms. The van der Waals surface area contributed by atoms with E-state index in [0.717, 1.165) is 56.7 Å². The number of nitrogens with zero attached hydrogens (tertiary/aromatic N) is 3. The number of rotatable bonds is 2. The summed E-state index contributed by atoms with van der Waals surface area (Å²) in [6.45, 7) is 3.86. The van der Waals surface area contributed by atoms with Crippen molar-refractivity contribution in [1.82, 2.24) is 14.5 Å². The normalized spacial score (nSPS) is 27.0. The second-order valence-electron chi connectivity index (χ2n) is 9.10. The van der Waals surface area contributed by atoms with E-state index < -0.39 is 0 Å². The zero-order chi connectivity index (χ0) is 20.2. The highest BCUT2D eigenvalue weighted by molar-refractivity contribution is 5.61. The number of fused-ring (bicyclic) bond motifs is 3. The number of para-hydroxylation sites is 1. The van der Waals surface area contributed by atoms with Crippen LogP contribution in [-0.4, -0.2) is 33.5 Å². The van der Waals surface area contributed by atoms with Gasteiger partial charge < -0.3 is 9.47 Å². The van der Waals surface area contributed by atoms with Crippen molar-refractivity contribution >= 4 is 0 Å². The molecule has 2 atom stereocenters. The van der Waals surface area contributed by atoms with Crippen LogP contribution in [0.1, 0.15) is 44.0 Å². The van der Waals surface area contributed by atoms with E-state index in [1.54, 1.807) is 0 Å². The van der Waals surface area contributed by atoms with Gasteiger partial charge in [0.1, 0.15) is 5.82 Å². The molecular weight excluding hydrogens is 374 g/mol. The summed E-state index contributed by atoms with van der Waals surface area (Å²) >= 11 is 0. The zero-order valence-electron chi connectivity index (χ0n) is 17.4. The molecule has 1 spiro atoms. The van der Waals surface area contributed by atoms with E-state index in [2.05, 4.69) is 58.9 Å². The summed E-state index contributed by atoms with van der Waals surface area (Å²) in [5.74, 6) is 1.20. The Morgan fingerprint density at radius 1 is 1.00 bits per heavy atom. The second kappa shape index (κ2) is 6.76. The molecule has 3 aliphatic rings. The first-order valence-electron chi connectivity index (χ1n) is 11.0. The first kappa shape index (κ1) is 18.3. The van der Waals surface area contributed by atoms with Gasteiger partial charge in [-0.3, -0.25) is 9.55 Å². The third kappa shape index (κ3) is 2.69. The molecule has 0 bridgehead atoms. The topological polar surface area (TPSA) is 49.2 Å². The highest BCUT2D eigenvalue weighted by atomic mass is 16.7. The van der Waals surface area contributed by atoms with Gasteiger partial charge in [-0.2, -0.15) is 0 Å². The molecule has 3 aromatic rings. The van der Waals surface area contributed by atoms with Crippen molar-refractivity contribution in [2.75, 3.05) is 13.2 Å². The van der Waals surface area contributed by atoms with E-state index in [1.165, 1.54) is 17.1 Å². The number of aromatic nitrogens is 3. The van der Waals surface area contributed by atoms with Crippen molar-refractivity contribution in [1.29, 1.82) is 0 Å². The molecule has 3 heterocycles. The quantitative estimate of drug-likeness (QED) is 0.626. The number of imidazole rings is 1. The third-order valence-electron chi connectivity index (χ3n) is 7.49. The zero-order valence-corrected chi connectivity index (χ0v) is 17.4. The number of pyridine rings is 1. The fourth-order valence-electron chi connectivity index (χ4n) is 5.85. The minimum Gasteiger partial charge on any atom is -0.348 e. The maximum absolute atomic E-state index is 6.08. The van der Waals surface area contributed by atoms with Crippen LogP contribution >= 0.6 is 0 Å². The Morgan fingerprint density at radius 2 is 1.77 bits per heavy atom.